The van der Waals surface area contributed by atoms with Crippen molar-refractivity contribution in [3.8, 4) is 5.75 Å². The van der Waals surface area contributed by atoms with Gasteiger partial charge in [0, 0.05) is 12.0 Å². The van der Waals surface area contributed by atoms with Gasteiger partial charge in [0.05, 0.1) is 5.56 Å². The number of carbonyl (C=O) groups excluding carboxylic acids is 2. The van der Waals surface area contributed by atoms with Crippen molar-refractivity contribution in [3.63, 3.8) is 0 Å². The van der Waals surface area contributed by atoms with Crippen LogP contribution in [0.1, 0.15) is 41.6 Å². The fourth-order valence-electron chi connectivity index (χ4n) is 2.42. The van der Waals surface area contributed by atoms with Crippen LogP contribution in [0.25, 0.3) is 0 Å². The number of benzene rings is 1. The summed E-state index contributed by atoms with van der Waals surface area (Å²) in [5, 5.41) is 0. The van der Waals surface area contributed by atoms with Crippen LogP contribution in [0.15, 0.2) is 18.2 Å². The van der Waals surface area contributed by atoms with Crippen molar-refractivity contribution < 1.29 is 19.1 Å². The molecule has 0 bridgehead atoms. The van der Waals surface area contributed by atoms with Gasteiger partial charge >= 0.3 is 5.97 Å². The van der Waals surface area contributed by atoms with Crippen LogP contribution in [0, 0.1) is 0 Å². The Hall–Kier alpha value is -1.84. The first-order valence-electron chi connectivity index (χ1n) is 6.23. The van der Waals surface area contributed by atoms with E-state index >= 15 is 0 Å². The molecule has 1 aromatic rings. The van der Waals surface area contributed by atoms with Crippen LogP contribution in [-0.2, 0) is 16.1 Å². The zero-order chi connectivity index (χ0) is 12.5. The summed E-state index contributed by atoms with van der Waals surface area (Å²) in [7, 11) is 0. The Labute approximate surface area is 105 Å². The van der Waals surface area contributed by atoms with Gasteiger partial charge in [-0.05, 0) is 37.5 Å². The summed E-state index contributed by atoms with van der Waals surface area (Å²) in [6.07, 6.45) is 3.06. The molecule has 3 rings (SSSR count). The van der Waals surface area contributed by atoms with E-state index in [1.165, 1.54) is 0 Å². The van der Waals surface area contributed by atoms with Gasteiger partial charge in [-0.15, -0.1) is 0 Å². The highest BCUT2D eigenvalue weighted by atomic mass is 16.5. The number of carbonyl (C=O) groups is 2. The minimum absolute atomic E-state index is 0.175. The predicted molar refractivity (Wildman–Crippen MR) is 63.5 cm³/mol. The molecule has 1 aromatic carbocycles. The van der Waals surface area contributed by atoms with E-state index < -0.39 is 0 Å². The molecule has 0 aromatic heterocycles. The first kappa shape index (κ1) is 11.3. The number of hydrogen-bond acceptors (Lipinski definition) is 4. The van der Waals surface area contributed by atoms with E-state index in [0.717, 1.165) is 24.8 Å². The van der Waals surface area contributed by atoms with Crippen LogP contribution in [0.2, 0.25) is 0 Å². The summed E-state index contributed by atoms with van der Waals surface area (Å²) in [4.78, 5) is 23.0. The molecule has 18 heavy (non-hydrogen) atoms. The van der Waals surface area contributed by atoms with Gasteiger partial charge in [-0.25, -0.2) is 4.79 Å². The SMILES string of the molecule is O=C1OCc2cc(OC3CCCCC3=O)ccc21. The van der Waals surface area contributed by atoms with E-state index in [0.29, 0.717) is 24.3 Å². The molecule has 1 atom stereocenters. The molecule has 1 aliphatic heterocycles. The van der Waals surface area contributed by atoms with Crippen molar-refractivity contribution in [2.75, 3.05) is 0 Å². The van der Waals surface area contributed by atoms with E-state index in [1.807, 2.05) is 0 Å². The Morgan fingerprint density at radius 3 is 2.94 bits per heavy atom. The number of ether oxygens (including phenoxy) is 2. The molecule has 0 radical (unpaired) electrons. The third kappa shape index (κ3) is 1.98. The van der Waals surface area contributed by atoms with Gasteiger partial charge in [0.25, 0.3) is 0 Å². The van der Waals surface area contributed by atoms with Crippen molar-refractivity contribution >= 4 is 11.8 Å². The van der Waals surface area contributed by atoms with Gasteiger partial charge < -0.3 is 9.47 Å². The van der Waals surface area contributed by atoms with Crippen LogP contribution in [0.4, 0.5) is 0 Å². The van der Waals surface area contributed by atoms with Crippen LogP contribution in [-0.4, -0.2) is 17.9 Å². The number of esters is 1. The molecule has 0 saturated heterocycles. The molecule has 94 valence electrons. The monoisotopic (exact) mass is 246 g/mol. The van der Waals surface area contributed by atoms with E-state index in [4.69, 9.17) is 9.47 Å². The summed E-state index contributed by atoms with van der Waals surface area (Å²) in [6, 6.07) is 5.22. The summed E-state index contributed by atoms with van der Waals surface area (Å²) < 4.78 is 10.6. The maximum atomic E-state index is 11.7. The van der Waals surface area contributed by atoms with Gasteiger partial charge in [-0.3, -0.25) is 4.79 Å². The van der Waals surface area contributed by atoms with Gasteiger partial charge in [0.1, 0.15) is 12.4 Å². The highest BCUT2D eigenvalue weighted by molar-refractivity contribution is 5.93. The minimum atomic E-state index is -0.324. The Morgan fingerprint density at radius 2 is 2.11 bits per heavy atom. The van der Waals surface area contributed by atoms with Crippen molar-refractivity contribution in [1.82, 2.24) is 0 Å². The Morgan fingerprint density at radius 1 is 1.22 bits per heavy atom. The van der Waals surface area contributed by atoms with Crippen LogP contribution in [0.5, 0.6) is 5.75 Å². The van der Waals surface area contributed by atoms with Crippen molar-refractivity contribution in [3.05, 3.63) is 29.3 Å². The van der Waals surface area contributed by atoms with Crippen LogP contribution in [0.3, 0.4) is 0 Å². The Kier molecular flexibility index (Phi) is 2.78. The van der Waals surface area contributed by atoms with Crippen LogP contribution < -0.4 is 4.74 Å². The lowest BCUT2D eigenvalue weighted by Gasteiger charge is -2.21. The maximum absolute atomic E-state index is 11.7. The largest absolute Gasteiger partial charge is 0.483 e. The zero-order valence-electron chi connectivity index (χ0n) is 9.98. The normalized spacial score (nSPS) is 22.6. The van der Waals surface area contributed by atoms with Crippen molar-refractivity contribution in [2.24, 2.45) is 0 Å². The van der Waals surface area contributed by atoms with Crippen LogP contribution >= 0.6 is 0 Å². The van der Waals surface area contributed by atoms with Gasteiger partial charge in [0.15, 0.2) is 11.9 Å². The average Bonchev–Trinajstić information content (AvgIpc) is 2.74. The molecular formula is C14H14O4. The van der Waals surface area contributed by atoms with Gasteiger partial charge in [0.2, 0.25) is 0 Å². The van der Waals surface area contributed by atoms with E-state index in [-0.39, 0.29) is 17.9 Å². The lowest BCUT2D eigenvalue weighted by atomic mass is 9.96. The van der Waals surface area contributed by atoms with Crippen molar-refractivity contribution in [2.45, 2.75) is 38.4 Å². The quantitative estimate of drug-likeness (QED) is 0.751. The second-order valence-electron chi connectivity index (χ2n) is 4.71. The highest BCUT2D eigenvalue weighted by Crippen LogP contribution is 2.27. The molecule has 0 spiro atoms. The fourth-order valence-corrected chi connectivity index (χ4v) is 2.42. The third-order valence-corrected chi connectivity index (χ3v) is 3.43. The minimum Gasteiger partial charge on any atom is -0.483 e. The molecule has 0 N–H and O–H groups in total. The second kappa shape index (κ2) is 4.44. The summed E-state index contributed by atoms with van der Waals surface area (Å²) >= 11 is 0. The molecule has 1 aliphatic carbocycles. The summed E-state index contributed by atoms with van der Waals surface area (Å²) in [5.41, 5.74) is 1.43. The van der Waals surface area contributed by atoms with E-state index in [2.05, 4.69) is 0 Å². The number of ketones is 1. The first-order chi connectivity index (χ1) is 8.74. The fraction of sp³-hybridized carbons (Fsp3) is 0.429. The number of cyclic esters (lactones) is 1. The first-order valence-corrected chi connectivity index (χ1v) is 6.23. The molecule has 1 saturated carbocycles. The smallest absolute Gasteiger partial charge is 0.338 e. The topological polar surface area (TPSA) is 52.6 Å². The van der Waals surface area contributed by atoms with Crippen molar-refractivity contribution in [1.29, 1.82) is 0 Å². The lowest BCUT2D eigenvalue weighted by Crippen LogP contribution is -2.30. The molecule has 1 unspecified atom stereocenters. The highest BCUT2D eigenvalue weighted by Gasteiger charge is 2.25. The van der Waals surface area contributed by atoms with Gasteiger partial charge in [-0.1, -0.05) is 0 Å². The standard InChI is InChI=1S/C14H14O4/c15-12-3-1-2-4-13(12)18-10-5-6-11-9(7-10)8-17-14(11)16/h5-7,13H,1-4,8H2. The summed E-state index contributed by atoms with van der Waals surface area (Å²) in [5.74, 6) is 0.534. The molecule has 0 amide bonds. The number of hydrogen-bond donors (Lipinski definition) is 0. The van der Waals surface area contributed by atoms with E-state index in [1.54, 1.807) is 18.2 Å². The molecule has 1 heterocycles. The second-order valence-corrected chi connectivity index (χ2v) is 4.71. The molecule has 4 heteroatoms. The molecule has 2 aliphatic rings. The number of fused-ring (bicyclic) bond motifs is 1. The van der Waals surface area contributed by atoms with E-state index in [9.17, 15) is 9.59 Å². The number of Topliss-reactive ketones (excluding diaryl/α,β-unsaturated/α-hetero) is 1. The molecular weight excluding hydrogens is 232 g/mol. The maximum Gasteiger partial charge on any atom is 0.338 e. The third-order valence-electron chi connectivity index (χ3n) is 3.43. The number of rotatable bonds is 2. The molecule has 1 fully saturated rings. The summed E-state index contributed by atoms with van der Waals surface area (Å²) in [6.45, 7) is 0.296. The van der Waals surface area contributed by atoms with Gasteiger partial charge in [-0.2, -0.15) is 0 Å². The predicted octanol–water partition coefficient (Wildman–Crippen LogP) is 2.25. The lowest BCUT2D eigenvalue weighted by molar-refractivity contribution is -0.127. The Bertz CT molecular complexity index is 507. The Balaban J connectivity index is 1.77. The zero-order valence-corrected chi connectivity index (χ0v) is 9.98. The average molecular weight is 246 g/mol. The molecule has 4 nitrogen and oxygen atoms in total.